The van der Waals surface area contributed by atoms with Gasteiger partial charge in [0.25, 0.3) is 0 Å². The number of hydrogen-bond acceptors (Lipinski definition) is 1. The molecule has 3 rings (SSSR count). The Morgan fingerprint density at radius 1 is 1.12 bits per heavy atom. The van der Waals surface area contributed by atoms with Gasteiger partial charge in [-0.15, -0.1) is 0 Å². The number of rotatable bonds is 3. The minimum Gasteiger partial charge on any atom is -0.478 e. The second-order valence-corrected chi connectivity index (χ2v) is 9.54. The van der Waals surface area contributed by atoms with E-state index in [9.17, 15) is 4.79 Å². The van der Waals surface area contributed by atoms with Crippen LogP contribution < -0.4 is 0 Å². The Kier molecular flexibility index (Phi) is 4.90. The van der Waals surface area contributed by atoms with Crippen LogP contribution in [-0.2, 0) is 15.6 Å². The van der Waals surface area contributed by atoms with E-state index < -0.39 is 5.97 Å². The van der Waals surface area contributed by atoms with Crippen LogP contribution in [-0.4, -0.2) is 11.1 Å². The topological polar surface area (TPSA) is 37.3 Å². The van der Waals surface area contributed by atoms with E-state index in [-0.39, 0.29) is 10.8 Å². The Morgan fingerprint density at radius 2 is 1.77 bits per heavy atom. The summed E-state index contributed by atoms with van der Waals surface area (Å²) in [7, 11) is 0. The zero-order chi connectivity index (χ0) is 19.1. The highest BCUT2D eigenvalue weighted by Gasteiger charge is 2.37. The molecule has 1 atom stereocenters. The van der Waals surface area contributed by atoms with E-state index in [0.29, 0.717) is 5.92 Å². The predicted molar refractivity (Wildman–Crippen MR) is 108 cm³/mol. The van der Waals surface area contributed by atoms with Crippen LogP contribution in [0.4, 0.5) is 0 Å². The molecule has 2 aliphatic rings. The molecule has 140 valence electrons. The normalized spacial score (nSPS) is 26.0. The summed E-state index contributed by atoms with van der Waals surface area (Å²) in [6, 6.07) is 7.20. The summed E-state index contributed by atoms with van der Waals surface area (Å²) in [6.45, 7) is 11.4. The lowest BCUT2D eigenvalue weighted by molar-refractivity contribution is -0.131. The molecule has 0 bridgehead atoms. The molecule has 0 spiro atoms. The largest absolute Gasteiger partial charge is 0.478 e. The molecule has 2 nitrogen and oxygen atoms in total. The molecule has 1 fully saturated rings. The number of aliphatic carboxylic acids is 1. The first kappa shape index (κ1) is 18.9. The maximum absolute atomic E-state index is 10.8. The molecule has 0 aromatic heterocycles. The van der Waals surface area contributed by atoms with Gasteiger partial charge in [-0.3, -0.25) is 0 Å². The molecule has 1 N–H and O–H groups in total. The van der Waals surface area contributed by atoms with Gasteiger partial charge in [0.1, 0.15) is 0 Å². The molecule has 1 saturated carbocycles. The van der Waals surface area contributed by atoms with Crippen molar-refractivity contribution in [2.45, 2.75) is 83.5 Å². The molecule has 26 heavy (non-hydrogen) atoms. The summed E-state index contributed by atoms with van der Waals surface area (Å²) in [5.74, 6) is -0.307. The van der Waals surface area contributed by atoms with Crippen molar-refractivity contribution < 1.29 is 9.90 Å². The molecular formula is C24H32O2. The van der Waals surface area contributed by atoms with Gasteiger partial charge < -0.3 is 5.11 Å². The van der Waals surface area contributed by atoms with E-state index in [1.165, 1.54) is 41.2 Å². The third-order valence-corrected chi connectivity index (χ3v) is 6.45. The first-order valence-corrected chi connectivity index (χ1v) is 9.84. The summed E-state index contributed by atoms with van der Waals surface area (Å²) >= 11 is 0. The lowest BCUT2D eigenvalue weighted by atomic mass is 9.62. The molecular weight excluding hydrogens is 320 g/mol. The Hall–Kier alpha value is -1.83. The van der Waals surface area contributed by atoms with Crippen molar-refractivity contribution in [2.24, 2.45) is 0 Å². The van der Waals surface area contributed by atoms with Gasteiger partial charge in [0.15, 0.2) is 0 Å². The fourth-order valence-electron chi connectivity index (χ4n) is 4.71. The smallest absolute Gasteiger partial charge is 0.328 e. The Balaban J connectivity index is 1.86. The fourth-order valence-corrected chi connectivity index (χ4v) is 4.71. The number of carboxylic acids is 1. The maximum Gasteiger partial charge on any atom is 0.328 e. The first-order valence-electron chi connectivity index (χ1n) is 9.84. The third kappa shape index (κ3) is 3.79. The highest BCUT2D eigenvalue weighted by Crippen LogP contribution is 2.47. The highest BCUT2D eigenvalue weighted by atomic mass is 16.4. The molecule has 1 aromatic rings. The molecule has 0 saturated heterocycles. The summed E-state index contributed by atoms with van der Waals surface area (Å²) in [5.41, 5.74) is 7.24. The molecule has 2 heteroatoms. The van der Waals surface area contributed by atoms with E-state index in [2.05, 4.69) is 52.0 Å². The number of hydrogen-bond donors (Lipinski definition) is 1. The van der Waals surface area contributed by atoms with Gasteiger partial charge in [-0.1, -0.05) is 57.5 Å². The minimum absolute atomic E-state index is 0.249. The lowest BCUT2D eigenvalue weighted by Crippen LogP contribution is -2.33. The Morgan fingerprint density at radius 3 is 2.42 bits per heavy atom. The average molecular weight is 353 g/mol. The van der Waals surface area contributed by atoms with Crippen LogP contribution in [0.15, 0.2) is 41.5 Å². The Bertz CT molecular complexity index is 777. The molecule has 0 amide bonds. The van der Waals surface area contributed by atoms with E-state index >= 15 is 0 Å². The van der Waals surface area contributed by atoms with Crippen LogP contribution in [0, 0.1) is 0 Å². The van der Waals surface area contributed by atoms with E-state index in [4.69, 9.17) is 5.11 Å². The van der Waals surface area contributed by atoms with Crippen LogP contribution in [0.2, 0.25) is 0 Å². The van der Waals surface area contributed by atoms with Crippen molar-refractivity contribution in [3.05, 3.63) is 58.2 Å². The van der Waals surface area contributed by atoms with E-state index in [0.717, 1.165) is 24.8 Å². The van der Waals surface area contributed by atoms with Gasteiger partial charge >= 0.3 is 5.97 Å². The average Bonchev–Trinajstić information content (AvgIpc) is 2.99. The molecule has 1 unspecified atom stereocenters. The molecule has 0 aliphatic heterocycles. The van der Waals surface area contributed by atoms with Crippen molar-refractivity contribution in [2.75, 3.05) is 0 Å². The second kappa shape index (κ2) is 6.72. The van der Waals surface area contributed by atoms with Crippen LogP contribution >= 0.6 is 0 Å². The van der Waals surface area contributed by atoms with Gasteiger partial charge in [0.05, 0.1) is 0 Å². The maximum atomic E-state index is 10.8. The number of allylic oxidation sites excluding steroid dienone is 3. The summed E-state index contributed by atoms with van der Waals surface area (Å²) in [4.78, 5) is 10.8. The summed E-state index contributed by atoms with van der Waals surface area (Å²) in [5, 5.41) is 8.89. The first-order chi connectivity index (χ1) is 12.1. The van der Waals surface area contributed by atoms with Crippen molar-refractivity contribution in [3.8, 4) is 0 Å². The van der Waals surface area contributed by atoms with Gasteiger partial charge in [0, 0.05) is 6.08 Å². The van der Waals surface area contributed by atoms with Crippen LogP contribution in [0.3, 0.4) is 0 Å². The van der Waals surface area contributed by atoms with E-state index in [1.54, 1.807) is 0 Å². The summed E-state index contributed by atoms with van der Waals surface area (Å²) < 4.78 is 0. The Labute approximate surface area is 158 Å². The third-order valence-electron chi connectivity index (χ3n) is 6.45. The van der Waals surface area contributed by atoms with Crippen LogP contribution in [0.5, 0.6) is 0 Å². The van der Waals surface area contributed by atoms with Gasteiger partial charge in [-0.25, -0.2) is 4.79 Å². The molecule has 2 aliphatic carbocycles. The van der Waals surface area contributed by atoms with E-state index in [1.807, 2.05) is 6.92 Å². The SMILES string of the molecule is CC(=C\C(=O)O)/C=C1\CCC(c2ccc3c(c2)C(C)(C)CCC3(C)C)C1. The minimum atomic E-state index is -0.867. The van der Waals surface area contributed by atoms with Crippen molar-refractivity contribution in [3.63, 3.8) is 0 Å². The van der Waals surface area contributed by atoms with Crippen molar-refractivity contribution >= 4 is 5.97 Å². The number of benzene rings is 1. The van der Waals surface area contributed by atoms with Gasteiger partial charge in [0.2, 0.25) is 0 Å². The summed E-state index contributed by atoms with van der Waals surface area (Å²) in [6.07, 6.45) is 9.14. The standard InChI is InChI=1S/C24H32O2/c1-16(13-22(25)26)12-17-6-7-18(14-17)19-8-9-20-21(15-19)24(4,5)11-10-23(20,2)3/h8-9,12-13,15,18H,6-7,10-11,14H2,1-5H3,(H,25,26)/b16-13+,17-12+. The monoisotopic (exact) mass is 352 g/mol. The number of carboxylic acid groups (broad SMARTS) is 1. The quantitative estimate of drug-likeness (QED) is 0.652. The zero-order valence-electron chi connectivity index (χ0n) is 16.9. The zero-order valence-corrected chi connectivity index (χ0v) is 16.9. The van der Waals surface area contributed by atoms with Crippen LogP contribution in [0.1, 0.15) is 89.3 Å². The molecule has 1 aromatic carbocycles. The molecule has 0 heterocycles. The van der Waals surface area contributed by atoms with Gasteiger partial charge in [-0.2, -0.15) is 0 Å². The lowest BCUT2D eigenvalue weighted by Gasteiger charge is -2.42. The number of fused-ring (bicyclic) bond motifs is 1. The molecule has 0 radical (unpaired) electrons. The fraction of sp³-hybridized carbons (Fsp3) is 0.542. The predicted octanol–water partition coefficient (Wildman–Crippen LogP) is 6.26. The van der Waals surface area contributed by atoms with Gasteiger partial charge in [-0.05, 0) is 78.0 Å². The second-order valence-electron chi connectivity index (χ2n) is 9.54. The van der Waals surface area contributed by atoms with Crippen molar-refractivity contribution in [1.29, 1.82) is 0 Å². The van der Waals surface area contributed by atoms with Crippen LogP contribution in [0.25, 0.3) is 0 Å². The highest BCUT2D eigenvalue weighted by molar-refractivity contribution is 5.81. The van der Waals surface area contributed by atoms with Crippen molar-refractivity contribution in [1.82, 2.24) is 0 Å². The number of carbonyl (C=O) groups is 1.